The van der Waals surface area contributed by atoms with E-state index in [0.717, 1.165) is 33.0 Å². The van der Waals surface area contributed by atoms with Crippen molar-refractivity contribution in [3.63, 3.8) is 0 Å². The van der Waals surface area contributed by atoms with E-state index < -0.39 is 0 Å². The number of thiocarbonyl (C=S) groups is 1. The number of hydrogen-bond donors (Lipinski definition) is 2. The number of para-hydroxylation sites is 1. The summed E-state index contributed by atoms with van der Waals surface area (Å²) in [5.74, 6) is -0.433. The summed E-state index contributed by atoms with van der Waals surface area (Å²) in [5.41, 5.74) is 7.96. The highest BCUT2D eigenvalue weighted by Crippen LogP contribution is 2.33. The van der Waals surface area contributed by atoms with Crippen molar-refractivity contribution in [1.82, 2.24) is 20.7 Å². The molecular weight excluding hydrogens is 545 g/mol. The Bertz CT molecular complexity index is 1300. The van der Waals surface area contributed by atoms with Gasteiger partial charge in [-0.25, -0.2) is 4.98 Å². The first-order valence-electron chi connectivity index (χ1n) is 11.8. The number of thiazole rings is 1. The van der Waals surface area contributed by atoms with Gasteiger partial charge in [-0.3, -0.25) is 30.1 Å². The number of fused-ring (bicyclic) bond motifs is 1. The first-order chi connectivity index (χ1) is 17.9. The number of carbonyl (C=O) groups excluding carboxylic acids is 3. The number of carbonyl (C=O) groups is 3. The van der Waals surface area contributed by atoms with Gasteiger partial charge in [0, 0.05) is 13.0 Å². The monoisotopic (exact) mass is 570 g/mol. The summed E-state index contributed by atoms with van der Waals surface area (Å²) in [4.78, 5) is 43.6. The Morgan fingerprint density at radius 1 is 1.05 bits per heavy atom. The number of nitrogens with one attached hydrogen (secondary N) is 2. The van der Waals surface area contributed by atoms with Crippen molar-refractivity contribution in [3.8, 4) is 0 Å². The van der Waals surface area contributed by atoms with E-state index in [2.05, 4.69) is 15.8 Å². The maximum absolute atomic E-state index is 12.7. The van der Waals surface area contributed by atoms with Gasteiger partial charge in [-0.05, 0) is 43.5 Å². The molecule has 1 aromatic heterocycles. The van der Waals surface area contributed by atoms with Crippen LogP contribution in [0.15, 0.2) is 57.8 Å². The van der Waals surface area contributed by atoms with Gasteiger partial charge in [0.05, 0.1) is 20.9 Å². The van der Waals surface area contributed by atoms with Crippen molar-refractivity contribution in [2.45, 2.75) is 36.9 Å². The SMILES string of the molecule is Cc1ccc(/C=C2\SC(=S)N(CCCCCC(=O)NNC(=O)CSc3nc4ccccc4s3)C2=O)cc1. The molecule has 192 valence electrons. The topological polar surface area (TPSA) is 91.4 Å². The van der Waals surface area contributed by atoms with Crippen LogP contribution in [-0.2, 0) is 14.4 Å². The molecule has 1 aliphatic heterocycles. The zero-order chi connectivity index (χ0) is 26.2. The largest absolute Gasteiger partial charge is 0.293 e. The number of hydrogen-bond acceptors (Lipinski definition) is 8. The van der Waals surface area contributed by atoms with Crippen LogP contribution in [0.2, 0.25) is 0 Å². The van der Waals surface area contributed by atoms with Gasteiger partial charge in [0.1, 0.15) is 4.32 Å². The fraction of sp³-hybridized carbons (Fsp3) is 0.269. The lowest BCUT2D eigenvalue weighted by atomic mass is 10.1. The van der Waals surface area contributed by atoms with Crippen molar-refractivity contribution in [2.75, 3.05) is 12.3 Å². The summed E-state index contributed by atoms with van der Waals surface area (Å²) in [6.45, 7) is 2.55. The van der Waals surface area contributed by atoms with Crippen LogP contribution < -0.4 is 10.9 Å². The molecule has 2 N–H and O–H groups in total. The summed E-state index contributed by atoms with van der Waals surface area (Å²) in [7, 11) is 0. The Hall–Kier alpha value is -2.73. The third-order valence-electron chi connectivity index (χ3n) is 5.48. The normalized spacial score (nSPS) is 14.5. The highest BCUT2D eigenvalue weighted by molar-refractivity contribution is 8.26. The van der Waals surface area contributed by atoms with Crippen molar-refractivity contribution >= 4 is 85.4 Å². The van der Waals surface area contributed by atoms with Crippen LogP contribution in [-0.4, -0.2) is 44.2 Å². The lowest BCUT2D eigenvalue weighted by Gasteiger charge is -2.14. The Labute approximate surface area is 233 Å². The van der Waals surface area contributed by atoms with Gasteiger partial charge in [0.15, 0.2) is 4.34 Å². The second kappa shape index (κ2) is 13.2. The van der Waals surface area contributed by atoms with E-state index in [0.29, 0.717) is 22.2 Å². The second-order valence-corrected chi connectivity index (χ2v) is 12.3. The Balaban J connectivity index is 1.10. The van der Waals surface area contributed by atoms with Crippen molar-refractivity contribution in [3.05, 3.63) is 64.6 Å². The molecule has 7 nitrogen and oxygen atoms in total. The lowest BCUT2D eigenvalue weighted by molar-refractivity contribution is -0.127. The van der Waals surface area contributed by atoms with Gasteiger partial charge in [-0.2, -0.15) is 0 Å². The van der Waals surface area contributed by atoms with E-state index in [9.17, 15) is 14.4 Å². The molecule has 11 heteroatoms. The Morgan fingerprint density at radius 3 is 2.59 bits per heavy atom. The third-order valence-corrected chi connectivity index (χ3v) is 9.03. The number of aryl methyl sites for hydroxylation is 1. The average Bonchev–Trinajstić information content (AvgIpc) is 3.42. The van der Waals surface area contributed by atoms with Crippen molar-refractivity contribution in [1.29, 1.82) is 0 Å². The van der Waals surface area contributed by atoms with E-state index >= 15 is 0 Å². The summed E-state index contributed by atoms with van der Waals surface area (Å²) in [5, 5.41) is 0. The standard InChI is InChI=1S/C26H26N4O3S4/c1-17-10-12-18(13-11-17)15-21-24(33)30(26(34)37-21)14-6-2-3-9-22(31)28-29-23(32)16-35-25-27-19-7-4-5-8-20(19)36-25/h4-5,7-8,10-13,15H,2-3,6,9,14,16H2,1H3,(H,28,31)(H,29,32)/b21-15-. The molecule has 4 rings (SSSR count). The molecule has 1 aliphatic rings. The zero-order valence-electron chi connectivity index (χ0n) is 20.2. The molecule has 2 heterocycles. The van der Waals surface area contributed by atoms with E-state index in [1.807, 2.05) is 61.5 Å². The van der Waals surface area contributed by atoms with Crippen LogP contribution in [0, 0.1) is 6.92 Å². The highest BCUT2D eigenvalue weighted by atomic mass is 32.2. The van der Waals surface area contributed by atoms with Crippen LogP contribution in [0.25, 0.3) is 16.3 Å². The average molecular weight is 571 g/mol. The maximum atomic E-state index is 12.7. The minimum absolute atomic E-state index is 0.0697. The number of rotatable bonds is 10. The quantitative estimate of drug-likeness (QED) is 0.112. The lowest BCUT2D eigenvalue weighted by Crippen LogP contribution is -2.42. The number of amides is 3. The fourth-order valence-electron chi connectivity index (χ4n) is 3.52. The summed E-state index contributed by atoms with van der Waals surface area (Å²) in [6, 6.07) is 15.8. The molecule has 1 saturated heterocycles. The zero-order valence-corrected chi connectivity index (χ0v) is 23.5. The van der Waals surface area contributed by atoms with Gasteiger partial charge in [-0.15, -0.1) is 11.3 Å². The Kier molecular flexibility index (Phi) is 9.73. The van der Waals surface area contributed by atoms with Gasteiger partial charge < -0.3 is 0 Å². The van der Waals surface area contributed by atoms with Gasteiger partial charge >= 0.3 is 0 Å². The van der Waals surface area contributed by atoms with E-state index in [4.69, 9.17) is 12.2 Å². The molecule has 1 fully saturated rings. The number of thioether (sulfide) groups is 2. The summed E-state index contributed by atoms with van der Waals surface area (Å²) >= 11 is 9.60. The number of aromatic nitrogens is 1. The molecule has 0 spiro atoms. The van der Waals surface area contributed by atoms with Crippen LogP contribution in [0.5, 0.6) is 0 Å². The van der Waals surface area contributed by atoms with Crippen LogP contribution in [0.1, 0.15) is 36.8 Å². The first-order valence-corrected chi connectivity index (χ1v) is 14.8. The molecule has 0 saturated carbocycles. The molecule has 0 atom stereocenters. The molecule has 2 aromatic carbocycles. The van der Waals surface area contributed by atoms with E-state index in [1.54, 1.807) is 4.90 Å². The van der Waals surface area contributed by atoms with Crippen LogP contribution in [0.3, 0.4) is 0 Å². The van der Waals surface area contributed by atoms with Crippen LogP contribution >= 0.6 is 47.1 Å². The summed E-state index contributed by atoms with van der Waals surface area (Å²) < 4.78 is 2.45. The van der Waals surface area contributed by atoms with Gasteiger partial charge in [-0.1, -0.05) is 84.1 Å². The van der Waals surface area contributed by atoms with Gasteiger partial charge in [0.25, 0.3) is 5.91 Å². The molecular formula is C26H26N4O3S4. The summed E-state index contributed by atoms with van der Waals surface area (Å²) in [6.07, 6.45) is 4.31. The van der Waals surface area contributed by atoms with Crippen molar-refractivity contribution < 1.29 is 14.4 Å². The molecule has 0 bridgehead atoms. The second-order valence-electron chi connectivity index (χ2n) is 8.39. The minimum atomic E-state index is -0.286. The van der Waals surface area contributed by atoms with Gasteiger partial charge in [0.2, 0.25) is 11.8 Å². The number of hydrazine groups is 1. The predicted molar refractivity (Wildman–Crippen MR) is 156 cm³/mol. The smallest absolute Gasteiger partial charge is 0.266 e. The Morgan fingerprint density at radius 2 is 1.81 bits per heavy atom. The molecule has 0 radical (unpaired) electrons. The first kappa shape index (κ1) is 27.3. The predicted octanol–water partition coefficient (Wildman–Crippen LogP) is 5.31. The number of benzene rings is 2. The molecule has 0 aliphatic carbocycles. The molecule has 37 heavy (non-hydrogen) atoms. The van der Waals surface area contributed by atoms with Crippen molar-refractivity contribution in [2.24, 2.45) is 0 Å². The number of unbranched alkanes of at least 4 members (excludes halogenated alkanes) is 2. The van der Waals surface area contributed by atoms with E-state index in [-0.39, 0.29) is 29.9 Å². The highest BCUT2D eigenvalue weighted by Gasteiger charge is 2.31. The molecule has 3 amide bonds. The van der Waals surface area contributed by atoms with E-state index in [1.165, 1.54) is 40.4 Å². The third kappa shape index (κ3) is 7.88. The molecule has 0 unspecified atom stereocenters. The fourth-order valence-corrected chi connectivity index (χ4v) is 6.69. The maximum Gasteiger partial charge on any atom is 0.266 e. The van der Waals surface area contributed by atoms with Crippen LogP contribution in [0.4, 0.5) is 0 Å². The minimum Gasteiger partial charge on any atom is -0.293 e. The molecule has 3 aromatic rings. The number of nitrogens with zero attached hydrogens (tertiary/aromatic N) is 2.